The van der Waals surface area contributed by atoms with Gasteiger partial charge in [-0.3, -0.25) is 14.4 Å². The molecule has 0 aliphatic carbocycles. The van der Waals surface area contributed by atoms with Gasteiger partial charge in [-0.2, -0.15) is 0 Å². The number of nitrogens with one attached hydrogen (secondary N) is 2. The number of rotatable bonds is 9. The summed E-state index contributed by atoms with van der Waals surface area (Å²) in [4.78, 5) is 43.9. The smallest absolute Gasteiger partial charge is 0.248 e. The molecule has 2 aromatic rings. The average molecular weight is 665 g/mol. The number of aliphatic hydroxyl groups is 1. The third kappa shape index (κ3) is 5.15. The summed E-state index contributed by atoms with van der Waals surface area (Å²) in [7, 11) is 0. The number of hydrogen-bond acceptors (Lipinski definition) is 6. The van der Waals surface area contributed by atoms with Gasteiger partial charge in [0, 0.05) is 15.8 Å². The molecule has 5 rings (SSSR count). The summed E-state index contributed by atoms with van der Waals surface area (Å²) in [5.41, 5.74) is 1.90. The van der Waals surface area contributed by atoms with E-state index < -0.39 is 28.7 Å². The monoisotopic (exact) mass is 663 g/mol. The van der Waals surface area contributed by atoms with E-state index in [1.807, 2.05) is 39.8 Å². The summed E-state index contributed by atoms with van der Waals surface area (Å²) < 4.78 is 4.66. The summed E-state index contributed by atoms with van der Waals surface area (Å²) in [5.74, 6) is -1.69. The van der Waals surface area contributed by atoms with Crippen LogP contribution in [-0.2, 0) is 14.4 Å². The van der Waals surface area contributed by atoms with E-state index in [-0.39, 0.29) is 40.3 Å². The van der Waals surface area contributed by atoms with Crippen molar-refractivity contribution in [1.29, 1.82) is 0 Å². The third-order valence-corrected chi connectivity index (χ3v) is 12.0. The minimum absolute atomic E-state index is 0.0726. The Morgan fingerprint density at radius 2 is 1.90 bits per heavy atom. The predicted molar refractivity (Wildman–Crippen MR) is 166 cm³/mol. The molecule has 2 bridgehead atoms. The highest BCUT2D eigenvalue weighted by molar-refractivity contribution is 9.09. The van der Waals surface area contributed by atoms with Crippen molar-refractivity contribution in [3.63, 3.8) is 0 Å². The lowest BCUT2D eigenvalue weighted by atomic mass is 9.70. The van der Waals surface area contributed by atoms with Crippen LogP contribution in [0.5, 0.6) is 5.75 Å². The third-order valence-electron chi connectivity index (χ3n) is 8.50. The highest BCUT2D eigenvalue weighted by Crippen LogP contribution is 2.68. The molecular formula is C30H35BrClN3O5S. The Morgan fingerprint density at radius 3 is 2.51 bits per heavy atom. The second-order valence-electron chi connectivity index (χ2n) is 11.3. The highest BCUT2D eigenvalue weighted by Gasteiger charge is 2.76. The minimum Gasteiger partial charge on any atom is -0.494 e. The normalized spacial score (nSPS) is 29.0. The Labute approximate surface area is 258 Å². The zero-order chi connectivity index (χ0) is 29.6. The number of hydrogen-bond donors (Lipinski definition) is 3. The molecule has 3 aliphatic heterocycles. The molecule has 3 aliphatic rings. The molecule has 3 saturated heterocycles. The van der Waals surface area contributed by atoms with Gasteiger partial charge in [-0.15, -0.1) is 11.8 Å². The number of carbonyl (C=O) groups excluding carboxylic acids is 3. The van der Waals surface area contributed by atoms with Crippen molar-refractivity contribution < 1.29 is 24.2 Å². The van der Waals surface area contributed by atoms with E-state index in [0.29, 0.717) is 35.2 Å². The molecule has 41 heavy (non-hydrogen) atoms. The Bertz CT molecular complexity index is 1320. The van der Waals surface area contributed by atoms with E-state index in [1.54, 1.807) is 47.0 Å². The summed E-state index contributed by atoms with van der Waals surface area (Å²) >= 11 is 11.8. The van der Waals surface area contributed by atoms with Crippen molar-refractivity contribution in [3.8, 4) is 5.75 Å². The number of thioether (sulfide) groups is 1. The largest absolute Gasteiger partial charge is 0.494 e. The Morgan fingerprint density at radius 1 is 1.20 bits per heavy atom. The van der Waals surface area contributed by atoms with E-state index in [1.165, 1.54) is 0 Å². The molecule has 3 fully saturated rings. The van der Waals surface area contributed by atoms with Crippen LogP contribution in [0.4, 0.5) is 11.4 Å². The number of anilines is 2. The number of halogens is 2. The van der Waals surface area contributed by atoms with E-state index >= 15 is 0 Å². The van der Waals surface area contributed by atoms with Crippen LogP contribution in [0.2, 0.25) is 5.02 Å². The van der Waals surface area contributed by atoms with E-state index in [4.69, 9.17) is 16.3 Å². The number of benzene rings is 2. The van der Waals surface area contributed by atoms with Crippen molar-refractivity contribution in [1.82, 2.24) is 4.90 Å². The molecule has 8 nitrogen and oxygen atoms in total. The molecule has 1 spiro atoms. The summed E-state index contributed by atoms with van der Waals surface area (Å²) in [6.45, 7) is 7.84. The average Bonchev–Trinajstić information content (AvgIpc) is 3.51. The lowest BCUT2D eigenvalue weighted by molar-refractivity contribution is -0.142. The van der Waals surface area contributed by atoms with Crippen molar-refractivity contribution in [3.05, 3.63) is 53.1 Å². The molecule has 3 amide bonds. The quantitative estimate of drug-likeness (QED) is 0.322. The number of nitrogens with zero attached hydrogens (tertiary/aromatic N) is 1. The molecular weight excluding hydrogens is 630 g/mol. The number of likely N-dealkylation sites (tertiary alicyclic amines) is 1. The van der Waals surface area contributed by atoms with Crippen LogP contribution in [0.1, 0.15) is 32.8 Å². The van der Waals surface area contributed by atoms with Crippen LogP contribution in [0, 0.1) is 24.7 Å². The Kier molecular flexibility index (Phi) is 8.68. The van der Waals surface area contributed by atoms with Crippen molar-refractivity contribution in [2.24, 2.45) is 17.8 Å². The molecule has 3 unspecified atom stereocenters. The lowest BCUT2D eigenvalue weighted by Gasteiger charge is -2.38. The SMILES string of the molecule is CCOc1ccc(NC(=O)[C@H]2[C@H]3C(=O)N([C@@H](CO)C(C)C)C(C(=O)Nc4c(C)cccc4Cl)C34CC(Br)[C@@H]2S4)cc1. The van der Waals surface area contributed by atoms with Crippen LogP contribution in [0.25, 0.3) is 0 Å². The maximum Gasteiger partial charge on any atom is 0.248 e. The van der Waals surface area contributed by atoms with E-state index in [2.05, 4.69) is 26.6 Å². The van der Waals surface area contributed by atoms with Gasteiger partial charge in [0.15, 0.2) is 0 Å². The molecule has 7 atom stereocenters. The van der Waals surface area contributed by atoms with Gasteiger partial charge in [0.1, 0.15) is 11.8 Å². The molecule has 0 radical (unpaired) electrons. The summed E-state index contributed by atoms with van der Waals surface area (Å²) in [6, 6.07) is 11.0. The number of alkyl halides is 1. The van der Waals surface area contributed by atoms with Gasteiger partial charge >= 0.3 is 0 Å². The van der Waals surface area contributed by atoms with Crippen LogP contribution < -0.4 is 15.4 Å². The second kappa shape index (κ2) is 11.8. The molecule has 11 heteroatoms. The fourth-order valence-electron chi connectivity index (χ4n) is 6.65. The van der Waals surface area contributed by atoms with Gasteiger partial charge < -0.3 is 25.4 Å². The van der Waals surface area contributed by atoms with Gasteiger partial charge in [-0.25, -0.2) is 0 Å². The van der Waals surface area contributed by atoms with E-state index in [9.17, 15) is 19.5 Å². The van der Waals surface area contributed by atoms with Crippen molar-refractivity contribution in [2.75, 3.05) is 23.8 Å². The van der Waals surface area contributed by atoms with Crippen LogP contribution in [0.15, 0.2) is 42.5 Å². The zero-order valence-electron chi connectivity index (χ0n) is 23.4. The molecule has 3 N–H and O–H groups in total. The standard InChI is InChI=1S/C30H35BrClN3O5S/c1-5-40-18-11-9-17(10-12-18)33-27(37)22-23-29(39)35(21(14-36)15(2)3)26(30(23)13-19(31)25(22)41-30)28(38)34-24-16(4)7-6-8-20(24)32/h6-12,15,19,21-23,25-26,36H,5,13-14H2,1-4H3,(H,33,37)(H,34,38)/t19?,21-,22-,23-,25-,26?,30?/m0/s1. The van der Waals surface area contributed by atoms with Gasteiger partial charge in [-0.1, -0.05) is 53.5 Å². The first-order valence-electron chi connectivity index (χ1n) is 13.9. The first-order valence-corrected chi connectivity index (χ1v) is 16.1. The van der Waals surface area contributed by atoms with Gasteiger partial charge in [0.2, 0.25) is 17.7 Å². The fraction of sp³-hybridized carbons (Fsp3) is 0.500. The number of aliphatic hydroxyl groups excluding tert-OH is 1. The maximum absolute atomic E-state index is 14.4. The highest BCUT2D eigenvalue weighted by atomic mass is 79.9. The number of ether oxygens (including phenoxy) is 1. The Hall–Kier alpha value is -2.27. The molecule has 220 valence electrons. The summed E-state index contributed by atoms with van der Waals surface area (Å²) in [5, 5.41) is 16.6. The molecule has 3 heterocycles. The zero-order valence-corrected chi connectivity index (χ0v) is 26.6. The molecule has 0 aromatic heterocycles. The summed E-state index contributed by atoms with van der Waals surface area (Å²) in [6.07, 6.45) is 0.540. The topological polar surface area (TPSA) is 108 Å². The maximum atomic E-state index is 14.4. The van der Waals surface area contributed by atoms with Crippen LogP contribution >= 0.6 is 39.3 Å². The second-order valence-corrected chi connectivity index (χ2v) is 14.4. The lowest BCUT2D eigenvalue weighted by Crippen LogP contribution is -2.56. The number of fused-ring (bicyclic) bond motifs is 1. The minimum atomic E-state index is -0.895. The number of amides is 3. The number of aryl methyl sites for hydroxylation is 1. The number of carbonyl (C=O) groups is 3. The molecule has 0 saturated carbocycles. The predicted octanol–water partition coefficient (Wildman–Crippen LogP) is 5.11. The first kappa shape index (κ1) is 30.2. The number of para-hydroxylation sites is 1. The van der Waals surface area contributed by atoms with Crippen molar-refractivity contribution in [2.45, 2.75) is 61.0 Å². The van der Waals surface area contributed by atoms with Gasteiger partial charge in [0.25, 0.3) is 0 Å². The fourth-order valence-corrected chi connectivity index (χ4v) is 10.5. The first-order chi connectivity index (χ1) is 19.5. The van der Waals surface area contributed by atoms with Crippen LogP contribution in [0.3, 0.4) is 0 Å². The van der Waals surface area contributed by atoms with Gasteiger partial charge in [-0.05, 0) is 62.1 Å². The van der Waals surface area contributed by atoms with Gasteiger partial charge in [0.05, 0.1) is 46.5 Å². The van der Waals surface area contributed by atoms with E-state index in [0.717, 1.165) is 5.56 Å². The van der Waals surface area contributed by atoms with Crippen molar-refractivity contribution >= 4 is 68.4 Å². The Balaban J connectivity index is 1.52. The van der Waals surface area contributed by atoms with Crippen LogP contribution in [-0.4, -0.2) is 67.8 Å². The molecule has 2 aromatic carbocycles.